The van der Waals surface area contributed by atoms with Crippen LogP contribution in [0.3, 0.4) is 0 Å². The Morgan fingerprint density at radius 2 is 2.13 bits per heavy atom. The molecule has 0 saturated heterocycles. The number of aryl methyl sites for hydroxylation is 1. The SMILES string of the molecule is CCn1c(C)cc(C(=O)OCc2cc(=O)n3ccsc3n2)c1C. The number of rotatable bonds is 4. The number of carbonyl (C=O) groups excluding carboxylic acids is 1. The largest absolute Gasteiger partial charge is 0.456 e. The molecule has 23 heavy (non-hydrogen) atoms. The molecule has 0 aromatic carbocycles. The van der Waals surface area contributed by atoms with Crippen molar-refractivity contribution in [1.82, 2.24) is 14.0 Å². The van der Waals surface area contributed by atoms with Crippen molar-refractivity contribution in [2.24, 2.45) is 0 Å². The number of fused-ring (bicyclic) bond motifs is 1. The Labute approximate surface area is 137 Å². The van der Waals surface area contributed by atoms with Crippen LogP contribution in [0.2, 0.25) is 0 Å². The number of esters is 1. The van der Waals surface area contributed by atoms with E-state index in [4.69, 9.17) is 4.74 Å². The molecular formula is C16H17N3O3S. The number of thiazole rings is 1. The zero-order valence-corrected chi connectivity index (χ0v) is 14.0. The molecule has 3 rings (SSSR count). The quantitative estimate of drug-likeness (QED) is 0.689. The van der Waals surface area contributed by atoms with Crippen LogP contribution in [0.25, 0.3) is 4.96 Å². The number of carbonyl (C=O) groups is 1. The molecule has 0 aliphatic rings. The van der Waals surface area contributed by atoms with Gasteiger partial charge in [0.15, 0.2) is 4.96 Å². The topological polar surface area (TPSA) is 65.6 Å². The summed E-state index contributed by atoms with van der Waals surface area (Å²) in [6.07, 6.45) is 1.67. The lowest BCUT2D eigenvalue weighted by Crippen LogP contribution is -2.15. The van der Waals surface area contributed by atoms with Gasteiger partial charge in [-0.15, -0.1) is 11.3 Å². The van der Waals surface area contributed by atoms with Crippen LogP contribution in [-0.2, 0) is 17.9 Å². The molecule has 0 bridgehead atoms. The highest BCUT2D eigenvalue weighted by atomic mass is 32.1. The fraction of sp³-hybridized carbons (Fsp3) is 0.312. The second-order valence-corrected chi connectivity index (χ2v) is 6.12. The normalized spacial score (nSPS) is 11.1. The number of ether oxygens (including phenoxy) is 1. The molecule has 6 nitrogen and oxygen atoms in total. The van der Waals surface area contributed by atoms with Gasteiger partial charge < -0.3 is 9.30 Å². The molecule has 120 valence electrons. The zero-order valence-electron chi connectivity index (χ0n) is 13.2. The van der Waals surface area contributed by atoms with E-state index in [9.17, 15) is 9.59 Å². The molecule has 0 fully saturated rings. The summed E-state index contributed by atoms with van der Waals surface area (Å²) in [6, 6.07) is 3.22. The number of hydrogen-bond acceptors (Lipinski definition) is 5. The first-order chi connectivity index (χ1) is 11.0. The smallest absolute Gasteiger partial charge is 0.340 e. The van der Waals surface area contributed by atoms with Gasteiger partial charge in [0.1, 0.15) is 6.61 Å². The van der Waals surface area contributed by atoms with Crippen LogP contribution in [-0.4, -0.2) is 19.9 Å². The molecule has 0 radical (unpaired) electrons. The van der Waals surface area contributed by atoms with Crippen molar-refractivity contribution in [3.63, 3.8) is 0 Å². The van der Waals surface area contributed by atoms with Crippen molar-refractivity contribution >= 4 is 22.3 Å². The minimum absolute atomic E-state index is 0.0156. The Morgan fingerprint density at radius 1 is 1.35 bits per heavy atom. The van der Waals surface area contributed by atoms with Gasteiger partial charge in [0.05, 0.1) is 11.3 Å². The first-order valence-electron chi connectivity index (χ1n) is 7.31. The van der Waals surface area contributed by atoms with E-state index in [1.165, 1.54) is 21.8 Å². The highest BCUT2D eigenvalue weighted by molar-refractivity contribution is 7.15. The molecule has 0 saturated carbocycles. The van der Waals surface area contributed by atoms with E-state index < -0.39 is 5.97 Å². The van der Waals surface area contributed by atoms with Crippen LogP contribution >= 0.6 is 11.3 Å². The molecule has 3 heterocycles. The molecule has 0 unspecified atom stereocenters. The maximum Gasteiger partial charge on any atom is 0.340 e. The highest BCUT2D eigenvalue weighted by Crippen LogP contribution is 2.16. The lowest BCUT2D eigenvalue weighted by molar-refractivity contribution is 0.0467. The van der Waals surface area contributed by atoms with E-state index in [2.05, 4.69) is 9.55 Å². The van der Waals surface area contributed by atoms with Crippen molar-refractivity contribution < 1.29 is 9.53 Å². The molecule has 0 aliphatic heterocycles. The Bertz CT molecular complexity index is 936. The van der Waals surface area contributed by atoms with Gasteiger partial charge in [-0.05, 0) is 26.8 Å². The van der Waals surface area contributed by atoms with Gasteiger partial charge in [-0.2, -0.15) is 0 Å². The van der Waals surface area contributed by atoms with Crippen LogP contribution < -0.4 is 5.56 Å². The molecule has 0 atom stereocenters. The van der Waals surface area contributed by atoms with E-state index in [-0.39, 0.29) is 12.2 Å². The summed E-state index contributed by atoms with van der Waals surface area (Å²) in [5.41, 5.74) is 2.74. The molecule has 0 N–H and O–H groups in total. The summed E-state index contributed by atoms with van der Waals surface area (Å²) >= 11 is 1.37. The minimum atomic E-state index is -0.397. The summed E-state index contributed by atoms with van der Waals surface area (Å²) in [7, 11) is 0. The number of aromatic nitrogens is 3. The maximum atomic E-state index is 12.3. The van der Waals surface area contributed by atoms with E-state index in [1.54, 1.807) is 11.6 Å². The van der Waals surface area contributed by atoms with E-state index >= 15 is 0 Å². The highest BCUT2D eigenvalue weighted by Gasteiger charge is 2.16. The standard InChI is InChI=1S/C16H17N3O3S/c1-4-18-10(2)7-13(11(18)3)15(21)22-9-12-8-14(20)19-5-6-23-16(19)17-12/h5-8H,4,9H2,1-3H3. The lowest BCUT2D eigenvalue weighted by Gasteiger charge is -2.06. The van der Waals surface area contributed by atoms with Gasteiger partial charge in [0, 0.05) is 35.6 Å². The molecule has 0 amide bonds. The third kappa shape index (κ3) is 2.79. The number of hydrogen-bond donors (Lipinski definition) is 0. The Balaban J connectivity index is 1.79. The summed E-state index contributed by atoms with van der Waals surface area (Å²) in [5.74, 6) is -0.397. The van der Waals surface area contributed by atoms with Crippen LogP contribution in [0.5, 0.6) is 0 Å². The molecule has 3 aromatic rings. The van der Waals surface area contributed by atoms with Crippen LogP contribution in [0.1, 0.15) is 34.4 Å². The molecule has 7 heteroatoms. The van der Waals surface area contributed by atoms with Gasteiger partial charge in [0.2, 0.25) is 0 Å². The molecule has 3 aromatic heterocycles. The average molecular weight is 331 g/mol. The van der Waals surface area contributed by atoms with Gasteiger partial charge in [-0.25, -0.2) is 9.78 Å². The van der Waals surface area contributed by atoms with E-state index in [0.717, 1.165) is 17.9 Å². The predicted molar refractivity (Wildman–Crippen MR) is 88.0 cm³/mol. The van der Waals surface area contributed by atoms with Gasteiger partial charge >= 0.3 is 5.97 Å². The summed E-state index contributed by atoms with van der Waals surface area (Å²) in [4.78, 5) is 29.1. The number of nitrogens with zero attached hydrogens (tertiary/aromatic N) is 3. The zero-order chi connectivity index (χ0) is 16.6. The molecular weight excluding hydrogens is 314 g/mol. The van der Waals surface area contributed by atoms with Gasteiger partial charge in [0.25, 0.3) is 5.56 Å². The first kappa shape index (κ1) is 15.5. The Kier molecular flexibility index (Phi) is 4.04. The molecule has 0 spiro atoms. The summed E-state index contributed by atoms with van der Waals surface area (Å²) in [6.45, 7) is 6.68. The Morgan fingerprint density at radius 3 is 2.83 bits per heavy atom. The van der Waals surface area contributed by atoms with Crippen molar-refractivity contribution in [3.05, 3.63) is 56.7 Å². The monoisotopic (exact) mass is 331 g/mol. The van der Waals surface area contributed by atoms with Crippen molar-refractivity contribution in [2.75, 3.05) is 0 Å². The third-order valence-corrected chi connectivity index (χ3v) is 4.57. The van der Waals surface area contributed by atoms with Crippen LogP contribution in [0, 0.1) is 13.8 Å². The fourth-order valence-corrected chi connectivity index (χ4v) is 3.41. The van der Waals surface area contributed by atoms with E-state index in [1.807, 2.05) is 26.8 Å². The van der Waals surface area contributed by atoms with Crippen molar-refractivity contribution in [1.29, 1.82) is 0 Å². The van der Waals surface area contributed by atoms with Gasteiger partial charge in [-0.3, -0.25) is 9.20 Å². The maximum absolute atomic E-state index is 12.3. The van der Waals surface area contributed by atoms with Crippen LogP contribution in [0.4, 0.5) is 0 Å². The third-order valence-electron chi connectivity index (χ3n) is 3.82. The minimum Gasteiger partial charge on any atom is -0.456 e. The van der Waals surface area contributed by atoms with Crippen molar-refractivity contribution in [3.8, 4) is 0 Å². The Hall–Kier alpha value is -2.41. The van der Waals surface area contributed by atoms with E-state index in [0.29, 0.717) is 16.2 Å². The van der Waals surface area contributed by atoms with Crippen molar-refractivity contribution in [2.45, 2.75) is 33.9 Å². The second-order valence-electron chi connectivity index (χ2n) is 5.25. The van der Waals surface area contributed by atoms with Gasteiger partial charge in [-0.1, -0.05) is 0 Å². The predicted octanol–water partition coefficient (Wildman–Crippen LogP) is 2.55. The second kappa shape index (κ2) is 6.00. The summed E-state index contributed by atoms with van der Waals surface area (Å²) in [5, 5.41) is 1.79. The molecule has 0 aliphatic carbocycles. The summed E-state index contributed by atoms with van der Waals surface area (Å²) < 4.78 is 8.85. The fourth-order valence-electron chi connectivity index (χ4n) is 2.67. The first-order valence-corrected chi connectivity index (χ1v) is 8.19. The average Bonchev–Trinajstić information content (AvgIpc) is 3.09. The lowest BCUT2D eigenvalue weighted by atomic mass is 10.2. The van der Waals surface area contributed by atoms with Crippen LogP contribution in [0.15, 0.2) is 28.5 Å².